The highest BCUT2D eigenvalue weighted by atomic mass is 32.1. The highest BCUT2D eigenvalue weighted by molar-refractivity contribution is 7.10. The molecular weight excluding hydrogens is 360 g/mol. The number of aryl methyl sites for hydroxylation is 1. The predicted octanol–water partition coefficient (Wildman–Crippen LogP) is 4.63. The molecule has 0 aliphatic heterocycles. The standard InChI is InChI=1S/C21H30N2O3S/c1-5-6-11-22-21(24)23(15-20-16(2)10-13-27-20)12-9-17-7-8-18(25-3)19(14-17)26-4/h7-8,10,13-14H,5-6,9,11-12,15H2,1-4H3,(H,22,24). The number of benzene rings is 1. The van der Waals surface area contributed by atoms with Crippen LogP contribution in [-0.4, -0.2) is 38.2 Å². The van der Waals surface area contributed by atoms with Gasteiger partial charge in [0.15, 0.2) is 11.5 Å². The van der Waals surface area contributed by atoms with Crippen LogP contribution in [0.1, 0.15) is 35.8 Å². The second kappa shape index (κ2) is 10.8. The van der Waals surface area contributed by atoms with Crippen molar-refractivity contribution >= 4 is 17.4 Å². The number of unbranched alkanes of at least 4 members (excludes halogenated alkanes) is 1. The number of hydrogen-bond acceptors (Lipinski definition) is 4. The first-order chi connectivity index (χ1) is 13.1. The maximum absolute atomic E-state index is 12.7. The van der Waals surface area contributed by atoms with Gasteiger partial charge in [-0.25, -0.2) is 4.79 Å². The Morgan fingerprint density at radius 1 is 1.19 bits per heavy atom. The molecule has 0 aliphatic carbocycles. The Balaban J connectivity index is 2.06. The summed E-state index contributed by atoms with van der Waals surface area (Å²) in [4.78, 5) is 15.8. The minimum absolute atomic E-state index is 0.00303. The quantitative estimate of drug-likeness (QED) is 0.602. The lowest BCUT2D eigenvalue weighted by molar-refractivity contribution is 0.196. The molecule has 0 bridgehead atoms. The summed E-state index contributed by atoms with van der Waals surface area (Å²) in [5.74, 6) is 1.42. The van der Waals surface area contributed by atoms with Crippen molar-refractivity contribution in [2.75, 3.05) is 27.3 Å². The summed E-state index contributed by atoms with van der Waals surface area (Å²) in [5, 5.41) is 5.12. The normalized spacial score (nSPS) is 10.5. The zero-order valence-corrected chi connectivity index (χ0v) is 17.5. The molecule has 1 aromatic carbocycles. The molecule has 148 valence electrons. The molecule has 6 heteroatoms. The monoisotopic (exact) mass is 390 g/mol. The van der Waals surface area contributed by atoms with E-state index in [-0.39, 0.29) is 6.03 Å². The van der Waals surface area contributed by atoms with Gasteiger partial charge in [-0.3, -0.25) is 0 Å². The van der Waals surface area contributed by atoms with E-state index < -0.39 is 0 Å². The van der Waals surface area contributed by atoms with Gasteiger partial charge in [0.1, 0.15) is 0 Å². The minimum atomic E-state index is -0.00303. The molecule has 0 spiro atoms. The smallest absolute Gasteiger partial charge is 0.317 e. The molecule has 2 aromatic rings. The van der Waals surface area contributed by atoms with Gasteiger partial charge in [-0.1, -0.05) is 19.4 Å². The first-order valence-electron chi connectivity index (χ1n) is 9.35. The Morgan fingerprint density at radius 3 is 2.59 bits per heavy atom. The number of amides is 2. The number of urea groups is 1. The number of methoxy groups -OCH3 is 2. The molecule has 2 rings (SSSR count). The Bertz CT molecular complexity index is 730. The molecule has 0 saturated heterocycles. The van der Waals surface area contributed by atoms with Crippen molar-refractivity contribution in [3.05, 3.63) is 45.6 Å². The molecule has 2 amide bonds. The van der Waals surface area contributed by atoms with Crippen molar-refractivity contribution in [3.63, 3.8) is 0 Å². The van der Waals surface area contributed by atoms with Gasteiger partial charge >= 0.3 is 6.03 Å². The van der Waals surface area contributed by atoms with Crippen molar-refractivity contribution in [3.8, 4) is 11.5 Å². The zero-order chi connectivity index (χ0) is 19.6. The number of carbonyl (C=O) groups is 1. The topological polar surface area (TPSA) is 50.8 Å². The minimum Gasteiger partial charge on any atom is -0.493 e. The van der Waals surface area contributed by atoms with Gasteiger partial charge in [-0.05, 0) is 54.5 Å². The van der Waals surface area contributed by atoms with Gasteiger partial charge in [-0.2, -0.15) is 0 Å². The van der Waals surface area contributed by atoms with Gasteiger partial charge in [0.05, 0.1) is 20.8 Å². The largest absolute Gasteiger partial charge is 0.493 e. The predicted molar refractivity (Wildman–Crippen MR) is 111 cm³/mol. The molecule has 1 heterocycles. The number of rotatable bonds is 10. The van der Waals surface area contributed by atoms with Crippen molar-refractivity contribution < 1.29 is 14.3 Å². The lowest BCUT2D eigenvalue weighted by atomic mass is 10.1. The lowest BCUT2D eigenvalue weighted by Gasteiger charge is -2.23. The lowest BCUT2D eigenvalue weighted by Crippen LogP contribution is -2.41. The van der Waals surface area contributed by atoms with E-state index in [9.17, 15) is 4.79 Å². The van der Waals surface area contributed by atoms with Crippen molar-refractivity contribution in [2.24, 2.45) is 0 Å². The van der Waals surface area contributed by atoms with Crippen LogP contribution in [-0.2, 0) is 13.0 Å². The van der Waals surface area contributed by atoms with Crippen LogP contribution < -0.4 is 14.8 Å². The number of nitrogens with zero attached hydrogens (tertiary/aromatic N) is 1. The van der Waals surface area contributed by atoms with Gasteiger partial charge < -0.3 is 19.7 Å². The Labute approximate surface area is 166 Å². The molecule has 0 saturated carbocycles. The first-order valence-corrected chi connectivity index (χ1v) is 10.2. The molecule has 1 aromatic heterocycles. The van der Waals surface area contributed by atoms with Gasteiger partial charge in [0, 0.05) is 18.0 Å². The summed E-state index contributed by atoms with van der Waals surface area (Å²) in [6.07, 6.45) is 2.81. The fourth-order valence-electron chi connectivity index (χ4n) is 2.78. The molecule has 5 nitrogen and oxygen atoms in total. The summed E-state index contributed by atoms with van der Waals surface area (Å²) >= 11 is 1.70. The Morgan fingerprint density at radius 2 is 1.96 bits per heavy atom. The maximum Gasteiger partial charge on any atom is 0.317 e. The van der Waals surface area contributed by atoms with Gasteiger partial charge in [0.25, 0.3) is 0 Å². The van der Waals surface area contributed by atoms with E-state index in [4.69, 9.17) is 9.47 Å². The molecule has 0 aliphatic rings. The molecule has 1 N–H and O–H groups in total. The third-order valence-electron chi connectivity index (χ3n) is 4.51. The molecule has 0 radical (unpaired) electrons. The first kappa shape index (κ1) is 21.1. The molecule has 27 heavy (non-hydrogen) atoms. The summed E-state index contributed by atoms with van der Waals surface area (Å²) in [6, 6.07) is 8.00. The van der Waals surface area contributed by atoms with E-state index in [0.29, 0.717) is 31.1 Å². The number of ether oxygens (including phenoxy) is 2. The van der Waals surface area contributed by atoms with E-state index >= 15 is 0 Å². The van der Waals surface area contributed by atoms with Crippen molar-refractivity contribution in [1.82, 2.24) is 10.2 Å². The molecule has 0 unspecified atom stereocenters. The SMILES string of the molecule is CCCCNC(=O)N(CCc1ccc(OC)c(OC)c1)Cc1sccc1C. The number of carbonyl (C=O) groups excluding carboxylic acids is 1. The van der Waals surface area contributed by atoms with Crippen LogP contribution in [0.2, 0.25) is 0 Å². The van der Waals surface area contributed by atoms with Crippen molar-refractivity contribution in [1.29, 1.82) is 0 Å². The highest BCUT2D eigenvalue weighted by Gasteiger charge is 2.16. The van der Waals surface area contributed by atoms with Crippen LogP contribution in [0, 0.1) is 6.92 Å². The van der Waals surface area contributed by atoms with E-state index in [0.717, 1.165) is 24.8 Å². The van der Waals surface area contributed by atoms with Crippen LogP contribution in [0.4, 0.5) is 4.79 Å². The molecule has 0 fully saturated rings. The second-order valence-corrected chi connectivity index (χ2v) is 7.47. The summed E-state index contributed by atoms with van der Waals surface area (Å²) in [6.45, 7) is 6.20. The second-order valence-electron chi connectivity index (χ2n) is 6.47. The third kappa shape index (κ3) is 6.17. The van der Waals surface area contributed by atoms with Crippen molar-refractivity contribution in [2.45, 2.75) is 39.7 Å². The zero-order valence-electron chi connectivity index (χ0n) is 16.7. The number of hydrogen-bond donors (Lipinski definition) is 1. The van der Waals surface area contributed by atoms with Gasteiger partial charge in [-0.15, -0.1) is 11.3 Å². The fourth-order valence-corrected chi connectivity index (χ4v) is 3.70. The maximum atomic E-state index is 12.7. The van der Waals surface area contributed by atoms with Crippen LogP contribution in [0.15, 0.2) is 29.6 Å². The van der Waals surface area contributed by atoms with Crippen LogP contribution in [0.3, 0.4) is 0 Å². The van der Waals surface area contributed by atoms with Crippen LogP contribution in [0.25, 0.3) is 0 Å². The third-order valence-corrected chi connectivity index (χ3v) is 5.52. The van der Waals surface area contributed by atoms with E-state index in [1.54, 1.807) is 25.6 Å². The fraction of sp³-hybridized carbons (Fsp3) is 0.476. The Hall–Kier alpha value is -2.21. The highest BCUT2D eigenvalue weighted by Crippen LogP contribution is 2.28. The molecule has 0 atom stereocenters. The van der Waals surface area contributed by atoms with Gasteiger partial charge in [0.2, 0.25) is 0 Å². The van der Waals surface area contributed by atoms with Crippen LogP contribution in [0.5, 0.6) is 11.5 Å². The Kier molecular flexibility index (Phi) is 8.45. The summed E-state index contributed by atoms with van der Waals surface area (Å²) < 4.78 is 10.7. The average Bonchev–Trinajstić information content (AvgIpc) is 3.09. The molecular formula is C21H30N2O3S. The number of nitrogens with one attached hydrogen (secondary N) is 1. The summed E-state index contributed by atoms with van der Waals surface area (Å²) in [5.41, 5.74) is 2.35. The van der Waals surface area contributed by atoms with E-state index in [1.807, 2.05) is 23.1 Å². The van der Waals surface area contributed by atoms with E-state index in [1.165, 1.54) is 10.4 Å². The number of thiophene rings is 1. The average molecular weight is 391 g/mol. The van der Waals surface area contributed by atoms with E-state index in [2.05, 4.69) is 30.6 Å². The van der Waals surface area contributed by atoms with Crippen LogP contribution >= 0.6 is 11.3 Å². The summed E-state index contributed by atoms with van der Waals surface area (Å²) in [7, 11) is 3.26.